The second-order valence-electron chi connectivity index (χ2n) is 9.06. The Kier molecular flexibility index (Phi) is 5.74. The molecule has 4 aromatic rings. The van der Waals surface area contributed by atoms with E-state index in [0.29, 0.717) is 39.1 Å². The van der Waals surface area contributed by atoms with Gasteiger partial charge in [0.15, 0.2) is 21.4 Å². The lowest BCUT2D eigenvalue weighted by Gasteiger charge is -2.20. The predicted octanol–water partition coefficient (Wildman–Crippen LogP) is 5.79. The van der Waals surface area contributed by atoms with Crippen molar-refractivity contribution in [3.05, 3.63) is 76.4 Å². The van der Waals surface area contributed by atoms with E-state index in [-0.39, 0.29) is 23.7 Å². The van der Waals surface area contributed by atoms with E-state index in [1.54, 1.807) is 35.0 Å². The number of halogens is 2. The van der Waals surface area contributed by atoms with Crippen molar-refractivity contribution in [2.75, 3.05) is 11.5 Å². The van der Waals surface area contributed by atoms with Gasteiger partial charge in [-0.15, -0.1) is 0 Å². The van der Waals surface area contributed by atoms with Crippen molar-refractivity contribution in [2.24, 2.45) is 5.41 Å². The van der Waals surface area contributed by atoms with Gasteiger partial charge in [0.05, 0.1) is 27.1 Å². The molecular formula is C25H21Cl2N3O3S. The Morgan fingerprint density at radius 1 is 1.12 bits per heavy atom. The average molecular weight is 514 g/mol. The van der Waals surface area contributed by atoms with Crippen molar-refractivity contribution in [3.63, 3.8) is 0 Å². The van der Waals surface area contributed by atoms with Gasteiger partial charge in [-0.05, 0) is 42.2 Å². The second-order valence-corrected chi connectivity index (χ2v) is 12.1. The summed E-state index contributed by atoms with van der Waals surface area (Å²) in [6.07, 6.45) is 2.20. The zero-order chi connectivity index (χ0) is 24.1. The van der Waals surface area contributed by atoms with Gasteiger partial charge in [-0.25, -0.2) is 18.1 Å². The number of hydrogen-bond acceptors (Lipinski definition) is 5. The van der Waals surface area contributed by atoms with Crippen molar-refractivity contribution < 1.29 is 13.2 Å². The van der Waals surface area contributed by atoms with E-state index in [0.717, 1.165) is 10.9 Å². The average Bonchev–Trinajstić information content (AvgIpc) is 3.30. The lowest BCUT2D eigenvalue weighted by molar-refractivity contribution is 0.0934. The van der Waals surface area contributed by atoms with E-state index in [2.05, 4.69) is 4.98 Å². The van der Waals surface area contributed by atoms with Crippen molar-refractivity contribution in [2.45, 2.75) is 19.8 Å². The molecule has 174 valence electrons. The first-order valence-electron chi connectivity index (χ1n) is 10.8. The van der Waals surface area contributed by atoms with Crippen LogP contribution in [0.4, 0.5) is 0 Å². The zero-order valence-corrected chi connectivity index (χ0v) is 20.7. The summed E-state index contributed by atoms with van der Waals surface area (Å²) in [5.74, 6) is 0.618. The monoisotopic (exact) mass is 513 g/mol. The van der Waals surface area contributed by atoms with E-state index in [4.69, 9.17) is 28.3 Å². The summed E-state index contributed by atoms with van der Waals surface area (Å²) >= 11 is 12.5. The molecule has 1 saturated heterocycles. The summed E-state index contributed by atoms with van der Waals surface area (Å²) < 4.78 is 25.6. The molecule has 0 N–H and O–H groups in total. The van der Waals surface area contributed by atoms with Crippen molar-refractivity contribution in [3.8, 4) is 17.1 Å². The Balaban J connectivity index is 1.62. The molecule has 1 fully saturated rings. The first-order chi connectivity index (χ1) is 16.1. The van der Waals surface area contributed by atoms with Crippen LogP contribution < -0.4 is 0 Å². The summed E-state index contributed by atoms with van der Waals surface area (Å²) in [4.78, 5) is 17.6. The van der Waals surface area contributed by atoms with Crippen LogP contribution in [-0.2, 0) is 9.84 Å². The van der Waals surface area contributed by atoms with Crippen molar-refractivity contribution in [1.29, 1.82) is 0 Å². The molecule has 6 nitrogen and oxygen atoms in total. The molecule has 2 aromatic heterocycles. The maximum atomic E-state index is 13.2. The molecule has 1 aliphatic heterocycles. The topological polar surface area (TPSA) is 81.9 Å². The number of Topliss-reactive ketones (excluding diaryl/α,β-unsaturated/α-hetero) is 1. The molecule has 1 aliphatic rings. The lowest BCUT2D eigenvalue weighted by Crippen LogP contribution is -2.22. The third-order valence-electron chi connectivity index (χ3n) is 6.23. The molecule has 2 aromatic carbocycles. The number of ketones is 1. The Bertz CT molecular complexity index is 1530. The second kappa shape index (κ2) is 8.48. The Morgan fingerprint density at radius 3 is 2.59 bits per heavy atom. The number of pyridine rings is 1. The van der Waals surface area contributed by atoms with Crippen LogP contribution in [0.2, 0.25) is 10.0 Å². The van der Waals surface area contributed by atoms with Gasteiger partial charge in [-0.1, -0.05) is 54.4 Å². The van der Waals surface area contributed by atoms with E-state index in [1.165, 1.54) is 6.20 Å². The molecule has 34 heavy (non-hydrogen) atoms. The number of benzene rings is 2. The molecular weight excluding hydrogens is 493 g/mol. The molecule has 3 heterocycles. The fourth-order valence-corrected chi connectivity index (χ4v) is 7.11. The maximum absolute atomic E-state index is 13.2. The van der Waals surface area contributed by atoms with Gasteiger partial charge in [0.2, 0.25) is 0 Å². The Hall–Kier alpha value is -2.74. The van der Waals surface area contributed by atoms with Crippen LogP contribution in [0.15, 0.2) is 60.8 Å². The van der Waals surface area contributed by atoms with Crippen LogP contribution >= 0.6 is 23.2 Å². The van der Waals surface area contributed by atoms with Crippen LogP contribution in [0.5, 0.6) is 0 Å². The molecule has 1 atom stereocenters. The third-order valence-corrected chi connectivity index (χ3v) is 8.75. The molecule has 1 unspecified atom stereocenters. The number of carbonyl (C=O) groups excluding carboxylic acids is 1. The highest BCUT2D eigenvalue weighted by Gasteiger charge is 2.40. The van der Waals surface area contributed by atoms with E-state index < -0.39 is 15.3 Å². The highest BCUT2D eigenvalue weighted by Crippen LogP contribution is 2.38. The van der Waals surface area contributed by atoms with Gasteiger partial charge in [0.25, 0.3) is 0 Å². The first-order valence-corrected chi connectivity index (χ1v) is 13.4. The molecule has 0 radical (unpaired) electrons. The molecule has 0 spiro atoms. The van der Waals surface area contributed by atoms with E-state index >= 15 is 0 Å². The minimum absolute atomic E-state index is 0.0390. The van der Waals surface area contributed by atoms with Crippen LogP contribution in [-0.4, -0.2) is 40.5 Å². The molecule has 5 rings (SSSR count). The number of sulfone groups is 1. The van der Waals surface area contributed by atoms with Gasteiger partial charge < -0.3 is 0 Å². The summed E-state index contributed by atoms with van der Waals surface area (Å²) in [7, 11) is -3.09. The predicted molar refractivity (Wildman–Crippen MR) is 135 cm³/mol. The number of fused-ring (bicyclic) bond motifs is 1. The maximum Gasteiger partial charge on any atom is 0.163 e. The van der Waals surface area contributed by atoms with Gasteiger partial charge >= 0.3 is 0 Å². The highest BCUT2D eigenvalue weighted by molar-refractivity contribution is 7.91. The molecule has 9 heteroatoms. The summed E-state index contributed by atoms with van der Waals surface area (Å²) in [6, 6.07) is 16.3. The van der Waals surface area contributed by atoms with Gasteiger partial charge in [-0.3, -0.25) is 4.79 Å². The number of carbonyl (C=O) groups is 1. The Labute approximate surface area is 207 Å². The Morgan fingerprint density at radius 2 is 1.91 bits per heavy atom. The van der Waals surface area contributed by atoms with Crippen molar-refractivity contribution >= 4 is 49.7 Å². The standard InChI is InChI=1S/C25H21Cl2N3O3S/c1-25(10-11-34(32,33)15-25)13-22(31)16-6-8-19-21(12-16)30(23-9-7-17(26)14-28-23)29-24(19)18-4-2-3-5-20(18)27/h2-9,12,14H,10-11,13,15H2,1H3. The number of hydrogen-bond donors (Lipinski definition) is 0. The minimum atomic E-state index is -3.09. The van der Waals surface area contributed by atoms with Crippen LogP contribution in [0.25, 0.3) is 28.0 Å². The minimum Gasteiger partial charge on any atom is -0.294 e. The fraction of sp³-hybridized carbons (Fsp3) is 0.240. The number of aromatic nitrogens is 3. The normalized spacial score (nSPS) is 19.5. The number of rotatable bonds is 5. The number of nitrogens with zero attached hydrogens (tertiary/aromatic N) is 3. The summed E-state index contributed by atoms with van der Waals surface area (Å²) in [5.41, 5.74) is 2.08. The van der Waals surface area contributed by atoms with Gasteiger partial charge in [-0.2, -0.15) is 5.10 Å². The van der Waals surface area contributed by atoms with E-state index in [1.807, 2.05) is 31.2 Å². The largest absolute Gasteiger partial charge is 0.294 e. The highest BCUT2D eigenvalue weighted by atomic mass is 35.5. The zero-order valence-electron chi connectivity index (χ0n) is 18.3. The molecule has 0 amide bonds. The van der Waals surface area contributed by atoms with Crippen LogP contribution in [0, 0.1) is 5.41 Å². The SMILES string of the molecule is CC1(CC(=O)c2ccc3c(-c4ccccc4Cl)nn(-c4ccc(Cl)cn4)c3c2)CCS(=O)(=O)C1. The quantitative estimate of drug-likeness (QED) is 0.315. The van der Waals surface area contributed by atoms with Gasteiger partial charge in [0, 0.05) is 29.1 Å². The molecule has 0 saturated carbocycles. The summed E-state index contributed by atoms with van der Waals surface area (Å²) in [5, 5.41) is 6.67. The molecule has 0 bridgehead atoms. The summed E-state index contributed by atoms with van der Waals surface area (Å²) in [6.45, 7) is 1.87. The van der Waals surface area contributed by atoms with Crippen LogP contribution in [0.3, 0.4) is 0 Å². The van der Waals surface area contributed by atoms with Crippen LogP contribution in [0.1, 0.15) is 30.1 Å². The lowest BCUT2D eigenvalue weighted by atomic mass is 9.83. The van der Waals surface area contributed by atoms with Gasteiger partial charge in [0.1, 0.15) is 5.69 Å². The third kappa shape index (κ3) is 4.35. The fourth-order valence-electron chi connectivity index (χ4n) is 4.51. The first kappa shape index (κ1) is 23.0. The smallest absolute Gasteiger partial charge is 0.163 e. The molecule has 0 aliphatic carbocycles. The van der Waals surface area contributed by atoms with Crippen molar-refractivity contribution in [1.82, 2.24) is 14.8 Å². The van der Waals surface area contributed by atoms with E-state index in [9.17, 15) is 13.2 Å².